The lowest BCUT2D eigenvalue weighted by atomic mass is 10.1. The fraction of sp³-hybridized carbons (Fsp3) is 0.304. The molecule has 0 radical (unpaired) electrons. The zero-order chi connectivity index (χ0) is 24.1. The second-order valence-corrected chi connectivity index (χ2v) is 9.35. The predicted octanol–water partition coefficient (Wildman–Crippen LogP) is 5.44. The van der Waals surface area contributed by atoms with Gasteiger partial charge in [-0.1, -0.05) is 52.7 Å². The summed E-state index contributed by atoms with van der Waals surface area (Å²) in [7, 11) is 0. The molecule has 174 valence electrons. The van der Waals surface area contributed by atoms with E-state index in [1.165, 1.54) is 17.8 Å². The highest BCUT2D eigenvalue weighted by Gasteiger charge is 2.21. The van der Waals surface area contributed by atoms with E-state index < -0.39 is 6.04 Å². The number of aromatic nitrogens is 3. The molecule has 33 heavy (non-hydrogen) atoms. The Bertz CT molecular complexity index is 1180. The first kappa shape index (κ1) is 25.1. The van der Waals surface area contributed by atoms with Crippen molar-refractivity contribution < 1.29 is 9.59 Å². The zero-order valence-electron chi connectivity index (χ0n) is 18.8. The first-order valence-corrected chi connectivity index (χ1v) is 12.1. The molecule has 0 aliphatic heterocycles. The second-order valence-electron chi connectivity index (χ2n) is 7.56. The van der Waals surface area contributed by atoms with E-state index in [0.29, 0.717) is 28.1 Å². The number of nitrogens with one attached hydrogen (secondary N) is 2. The second kappa shape index (κ2) is 11.0. The van der Waals surface area contributed by atoms with Crippen molar-refractivity contribution in [3.63, 3.8) is 0 Å². The Morgan fingerprint density at radius 3 is 2.55 bits per heavy atom. The molecule has 7 nitrogen and oxygen atoms in total. The van der Waals surface area contributed by atoms with Gasteiger partial charge in [0, 0.05) is 17.3 Å². The van der Waals surface area contributed by atoms with Gasteiger partial charge in [-0.25, -0.2) is 0 Å². The summed E-state index contributed by atoms with van der Waals surface area (Å²) >= 11 is 13.3. The Balaban J connectivity index is 1.65. The first-order valence-electron chi connectivity index (χ1n) is 10.4. The molecule has 10 heteroatoms. The third-order valence-corrected chi connectivity index (χ3v) is 6.48. The molecule has 2 aromatic carbocycles. The third kappa shape index (κ3) is 6.28. The van der Waals surface area contributed by atoms with E-state index in [2.05, 4.69) is 20.8 Å². The Morgan fingerprint density at radius 2 is 1.88 bits per heavy atom. The molecule has 0 spiro atoms. The van der Waals surface area contributed by atoms with Crippen LogP contribution in [0.5, 0.6) is 0 Å². The minimum Gasteiger partial charge on any atom is -0.342 e. The van der Waals surface area contributed by atoms with Crippen LogP contribution in [0.15, 0.2) is 41.6 Å². The summed E-state index contributed by atoms with van der Waals surface area (Å²) in [5.74, 6) is 0.315. The molecular formula is C23H25Cl2N5O2S. The number of carbonyl (C=O) groups excluding carboxylic acids is 2. The lowest BCUT2D eigenvalue weighted by molar-refractivity contribution is -0.113. The summed E-state index contributed by atoms with van der Waals surface area (Å²) in [6, 6.07) is 10.2. The number of amides is 2. The van der Waals surface area contributed by atoms with Crippen LogP contribution in [0.3, 0.4) is 0 Å². The van der Waals surface area contributed by atoms with Crippen molar-refractivity contribution in [3.8, 4) is 0 Å². The average Bonchev–Trinajstić information content (AvgIpc) is 3.17. The number of carbonyl (C=O) groups is 2. The van der Waals surface area contributed by atoms with Crippen molar-refractivity contribution in [2.75, 3.05) is 11.1 Å². The molecule has 1 aromatic heterocycles. The van der Waals surface area contributed by atoms with Crippen molar-refractivity contribution >= 4 is 52.5 Å². The van der Waals surface area contributed by atoms with Gasteiger partial charge in [0.05, 0.1) is 22.4 Å². The van der Waals surface area contributed by atoms with Crippen LogP contribution in [0.1, 0.15) is 47.2 Å². The standard InChI is InChI=1S/C23H25Cl2N5O2S/c1-5-30-21(15(4)26-22(32)17-8-7-16(24)11-18(17)25)28-29-23(30)33-12-20(31)27-19-9-6-13(2)10-14(19)3/h6-11,15H,5,12H2,1-4H3,(H,26,32)(H,27,31)/t15-/m0/s1. The van der Waals surface area contributed by atoms with E-state index in [4.69, 9.17) is 23.2 Å². The summed E-state index contributed by atoms with van der Waals surface area (Å²) in [5, 5.41) is 15.6. The topological polar surface area (TPSA) is 88.9 Å². The van der Waals surface area contributed by atoms with Gasteiger partial charge in [-0.05, 0) is 57.5 Å². The van der Waals surface area contributed by atoms with E-state index in [0.717, 1.165) is 16.8 Å². The predicted molar refractivity (Wildman–Crippen MR) is 133 cm³/mol. The van der Waals surface area contributed by atoms with Crippen molar-refractivity contribution in [1.29, 1.82) is 0 Å². The highest BCUT2D eigenvalue weighted by Crippen LogP contribution is 2.24. The molecule has 0 fully saturated rings. The monoisotopic (exact) mass is 505 g/mol. The van der Waals surface area contributed by atoms with E-state index >= 15 is 0 Å². The van der Waals surface area contributed by atoms with Gasteiger partial charge in [-0.2, -0.15) is 0 Å². The van der Waals surface area contributed by atoms with Crippen LogP contribution < -0.4 is 10.6 Å². The van der Waals surface area contributed by atoms with Gasteiger partial charge in [-0.15, -0.1) is 10.2 Å². The highest BCUT2D eigenvalue weighted by atomic mass is 35.5. The van der Waals surface area contributed by atoms with Crippen LogP contribution >= 0.6 is 35.0 Å². The van der Waals surface area contributed by atoms with Crippen molar-refractivity contribution in [2.45, 2.75) is 45.4 Å². The van der Waals surface area contributed by atoms with Gasteiger partial charge in [0.25, 0.3) is 5.91 Å². The van der Waals surface area contributed by atoms with E-state index in [1.54, 1.807) is 12.1 Å². The number of thioether (sulfide) groups is 1. The first-order chi connectivity index (χ1) is 15.7. The number of benzene rings is 2. The molecule has 1 atom stereocenters. The fourth-order valence-electron chi connectivity index (χ4n) is 3.31. The molecular weight excluding hydrogens is 481 g/mol. The molecule has 0 bridgehead atoms. The largest absolute Gasteiger partial charge is 0.342 e. The van der Waals surface area contributed by atoms with Gasteiger partial charge in [0.1, 0.15) is 0 Å². The third-order valence-electron chi connectivity index (χ3n) is 4.96. The van der Waals surface area contributed by atoms with Crippen molar-refractivity contribution in [3.05, 3.63) is 69.0 Å². The molecule has 0 saturated heterocycles. The van der Waals surface area contributed by atoms with Gasteiger partial charge in [0.15, 0.2) is 11.0 Å². The number of aryl methyl sites for hydroxylation is 2. The van der Waals surface area contributed by atoms with Gasteiger partial charge in [0.2, 0.25) is 5.91 Å². The fourth-order valence-corrected chi connectivity index (χ4v) is 4.61. The minimum atomic E-state index is -0.421. The molecule has 0 unspecified atom stereocenters. The molecule has 0 saturated carbocycles. The van der Waals surface area contributed by atoms with Crippen LogP contribution in [-0.4, -0.2) is 32.3 Å². The van der Waals surface area contributed by atoms with Crippen LogP contribution in [0.4, 0.5) is 5.69 Å². The summed E-state index contributed by atoms with van der Waals surface area (Å²) in [5.41, 5.74) is 3.27. The van der Waals surface area contributed by atoms with Crippen LogP contribution in [0.2, 0.25) is 10.0 Å². The van der Waals surface area contributed by atoms with Crippen LogP contribution in [0, 0.1) is 13.8 Å². The maximum absolute atomic E-state index is 12.6. The summed E-state index contributed by atoms with van der Waals surface area (Å²) in [6.45, 7) is 8.33. The summed E-state index contributed by atoms with van der Waals surface area (Å²) in [6.07, 6.45) is 0. The number of hydrogen-bond acceptors (Lipinski definition) is 5. The van der Waals surface area contributed by atoms with Crippen molar-refractivity contribution in [1.82, 2.24) is 20.1 Å². The SMILES string of the molecule is CCn1c(SCC(=O)Nc2ccc(C)cc2C)nnc1[C@H](C)NC(=O)c1ccc(Cl)cc1Cl. The van der Waals surface area contributed by atoms with E-state index in [1.807, 2.05) is 50.5 Å². The zero-order valence-corrected chi connectivity index (χ0v) is 21.1. The van der Waals surface area contributed by atoms with Gasteiger partial charge < -0.3 is 15.2 Å². The van der Waals surface area contributed by atoms with Crippen LogP contribution in [0.25, 0.3) is 0 Å². The van der Waals surface area contributed by atoms with E-state index in [9.17, 15) is 9.59 Å². The smallest absolute Gasteiger partial charge is 0.253 e. The normalized spacial score (nSPS) is 11.8. The average molecular weight is 506 g/mol. The molecule has 3 aromatic rings. The lowest BCUT2D eigenvalue weighted by Crippen LogP contribution is -2.29. The minimum absolute atomic E-state index is 0.127. The molecule has 2 N–H and O–H groups in total. The Hall–Kier alpha value is -2.55. The maximum atomic E-state index is 12.6. The number of nitrogens with zero attached hydrogens (tertiary/aromatic N) is 3. The molecule has 1 heterocycles. The molecule has 0 aliphatic rings. The number of rotatable bonds is 8. The quantitative estimate of drug-likeness (QED) is 0.397. The van der Waals surface area contributed by atoms with E-state index in [-0.39, 0.29) is 22.6 Å². The van der Waals surface area contributed by atoms with Crippen LogP contribution in [-0.2, 0) is 11.3 Å². The summed E-state index contributed by atoms with van der Waals surface area (Å²) in [4.78, 5) is 25.1. The maximum Gasteiger partial charge on any atom is 0.253 e. The van der Waals surface area contributed by atoms with Gasteiger partial charge in [-0.3, -0.25) is 9.59 Å². The number of halogens is 2. The highest BCUT2D eigenvalue weighted by molar-refractivity contribution is 7.99. The molecule has 3 rings (SSSR count). The Morgan fingerprint density at radius 1 is 1.12 bits per heavy atom. The van der Waals surface area contributed by atoms with Crippen molar-refractivity contribution in [2.24, 2.45) is 0 Å². The summed E-state index contributed by atoms with van der Waals surface area (Å²) < 4.78 is 1.88. The molecule has 0 aliphatic carbocycles. The Labute approximate surface area is 207 Å². The number of anilines is 1. The molecule has 2 amide bonds. The number of hydrogen-bond donors (Lipinski definition) is 2. The van der Waals surface area contributed by atoms with Gasteiger partial charge >= 0.3 is 0 Å². The lowest BCUT2D eigenvalue weighted by Gasteiger charge is -2.15. The Kier molecular flexibility index (Phi) is 8.40.